The fourth-order valence-corrected chi connectivity index (χ4v) is 1.45. The second-order valence-corrected chi connectivity index (χ2v) is 4.35. The van der Waals surface area contributed by atoms with Crippen LogP contribution < -0.4 is 5.32 Å². The molecule has 2 heterocycles. The Labute approximate surface area is 119 Å². The first kappa shape index (κ1) is 14.1. The van der Waals surface area contributed by atoms with Crippen molar-refractivity contribution >= 4 is 29.3 Å². The van der Waals surface area contributed by atoms with Gasteiger partial charge in [-0.3, -0.25) is 4.79 Å². The van der Waals surface area contributed by atoms with Crippen LogP contribution in [0.15, 0.2) is 41.3 Å². The highest BCUT2D eigenvalue weighted by Gasteiger charge is 2.19. The van der Waals surface area contributed by atoms with Crippen molar-refractivity contribution in [3.05, 3.63) is 47.5 Å². The average molecular weight is 295 g/mol. The Morgan fingerprint density at radius 2 is 2.20 bits per heavy atom. The van der Waals surface area contributed by atoms with Gasteiger partial charge in [-0.25, -0.2) is 9.78 Å². The lowest BCUT2D eigenvalue weighted by molar-refractivity contribution is -0.123. The molecule has 7 heteroatoms. The summed E-state index contributed by atoms with van der Waals surface area (Å²) in [5.41, 5.74) is 0.245. The molecule has 20 heavy (non-hydrogen) atoms. The number of anilines is 1. The normalized spacial score (nSPS) is 11.7. The summed E-state index contributed by atoms with van der Waals surface area (Å²) in [5.74, 6) is -0.798. The van der Waals surface area contributed by atoms with Gasteiger partial charge in [0.2, 0.25) is 0 Å². The molecule has 1 atom stereocenters. The number of hydrogen-bond acceptors (Lipinski definition) is 5. The van der Waals surface area contributed by atoms with E-state index in [4.69, 9.17) is 20.8 Å². The standard InChI is InChI=1S/C13H11ClN2O4/c1-8(20-13(18)9-4-5-19-7-9)12(17)16-11-3-2-10(14)6-15-11/h2-8H,1H3,(H,15,16,17). The van der Waals surface area contributed by atoms with Crippen molar-refractivity contribution in [3.63, 3.8) is 0 Å². The number of halogens is 1. The Morgan fingerprint density at radius 1 is 1.40 bits per heavy atom. The van der Waals surface area contributed by atoms with E-state index in [1.165, 1.54) is 31.7 Å². The summed E-state index contributed by atoms with van der Waals surface area (Å²) in [6.07, 6.45) is 3.03. The van der Waals surface area contributed by atoms with Crippen molar-refractivity contribution in [2.24, 2.45) is 0 Å². The van der Waals surface area contributed by atoms with Gasteiger partial charge in [-0.05, 0) is 25.1 Å². The summed E-state index contributed by atoms with van der Waals surface area (Å²) >= 11 is 5.68. The molecule has 1 N–H and O–H groups in total. The molecule has 0 radical (unpaired) electrons. The summed E-state index contributed by atoms with van der Waals surface area (Å²) in [6, 6.07) is 4.59. The van der Waals surface area contributed by atoms with E-state index in [0.29, 0.717) is 10.8 Å². The number of furan rings is 1. The van der Waals surface area contributed by atoms with Crippen LogP contribution in [0, 0.1) is 0 Å². The molecule has 0 aliphatic heterocycles. The van der Waals surface area contributed by atoms with Gasteiger partial charge in [0.1, 0.15) is 12.1 Å². The van der Waals surface area contributed by atoms with Crippen LogP contribution in [0.1, 0.15) is 17.3 Å². The summed E-state index contributed by atoms with van der Waals surface area (Å²) in [5, 5.41) is 2.97. The van der Waals surface area contributed by atoms with E-state index in [1.807, 2.05) is 0 Å². The topological polar surface area (TPSA) is 81.4 Å². The van der Waals surface area contributed by atoms with Crippen LogP contribution in [0.4, 0.5) is 5.82 Å². The third-order valence-electron chi connectivity index (χ3n) is 2.39. The number of ether oxygens (including phenoxy) is 1. The third-order valence-corrected chi connectivity index (χ3v) is 2.61. The van der Waals surface area contributed by atoms with Crippen LogP contribution in [-0.4, -0.2) is 23.0 Å². The first-order chi connectivity index (χ1) is 9.56. The SMILES string of the molecule is CC(OC(=O)c1ccoc1)C(=O)Nc1ccc(Cl)cn1. The molecule has 1 unspecified atom stereocenters. The van der Waals surface area contributed by atoms with Gasteiger partial charge in [-0.1, -0.05) is 11.6 Å². The largest absolute Gasteiger partial charge is 0.472 e. The molecule has 0 spiro atoms. The van der Waals surface area contributed by atoms with Gasteiger partial charge in [-0.2, -0.15) is 0 Å². The molecule has 0 aliphatic rings. The van der Waals surface area contributed by atoms with Crippen LogP contribution >= 0.6 is 11.6 Å². The number of hydrogen-bond donors (Lipinski definition) is 1. The molecule has 2 aromatic rings. The Kier molecular flexibility index (Phi) is 4.37. The fourth-order valence-electron chi connectivity index (χ4n) is 1.34. The Hall–Kier alpha value is -2.34. The van der Waals surface area contributed by atoms with Gasteiger partial charge < -0.3 is 14.5 Å². The molecular weight excluding hydrogens is 284 g/mol. The molecule has 0 bridgehead atoms. The van der Waals surface area contributed by atoms with Crippen molar-refractivity contribution in [1.82, 2.24) is 4.98 Å². The summed E-state index contributed by atoms with van der Waals surface area (Å²) in [7, 11) is 0. The lowest BCUT2D eigenvalue weighted by Crippen LogP contribution is -2.30. The van der Waals surface area contributed by atoms with Crippen LogP contribution in [0.25, 0.3) is 0 Å². The second-order valence-electron chi connectivity index (χ2n) is 3.91. The number of amides is 1. The highest BCUT2D eigenvalue weighted by atomic mass is 35.5. The molecule has 6 nitrogen and oxygen atoms in total. The van der Waals surface area contributed by atoms with Gasteiger partial charge in [-0.15, -0.1) is 0 Å². The molecule has 0 saturated heterocycles. The van der Waals surface area contributed by atoms with Crippen molar-refractivity contribution in [2.45, 2.75) is 13.0 Å². The first-order valence-electron chi connectivity index (χ1n) is 5.72. The van der Waals surface area contributed by atoms with E-state index in [-0.39, 0.29) is 5.56 Å². The number of carbonyl (C=O) groups is 2. The molecule has 0 aliphatic carbocycles. The molecule has 0 fully saturated rings. The minimum Gasteiger partial charge on any atom is -0.472 e. The molecule has 2 aromatic heterocycles. The van der Waals surface area contributed by atoms with Gasteiger partial charge in [0.15, 0.2) is 6.10 Å². The zero-order valence-electron chi connectivity index (χ0n) is 10.5. The number of carbonyl (C=O) groups excluding carboxylic acids is 2. The quantitative estimate of drug-likeness (QED) is 0.876. The van der Waals surface area contributed by atoms with E-state index < -0.39 is 18.0 Å². The Balaban J connectivity index is 1.92. The highest BCUT2D eigenvalue weighted by molar-refractivity contribution is 6.30. The Bertz CT molecular complexity index is 595. The number of nitrogens with zero attached hydrogens (tertiary/aromatic N) is 1. The van der Waals surface area contributed by atoms with Crippen LogP contribution in [-0.2, 0) is 9.53 Å². The number of rotatable bonds is 4. The molecule has 0 saturated carbocycles. The average Bonchev–Trinajstić information content (AvgIpc) is 2.95. The minimum atomic E-state index is -0.963. The third kappa shape index (κ3) is 3.58. The zero-order chi connectivity index (χ0) is 14.5. The maximum Gasteiger partial charge on any atom is 0.342 e. The Morgan fingerprint density at radius 3 is 2.80 bits per heavy atom. The van der Waals surface area contributed by atoms with Crippen LogP contribution in [0.5, 0.6) is 0 Å². The molecule has 1 amide bonds. The van der Waals surface area contributed by atoms with Gasteiger partial charge in [0.05, 0.1) is 16.8 Å². The number of aromatic nitrogens is 1. The molecule has 104 valence electrons. The van der Waals surface area contributed by atoms with E-state index in [9.17, 15) is 9.59 Å². The number of nitrogens with one attached hydrogen (secondary N) is 1. The van der Waals surface area contributed by atoms with E-state index in [2.05, 4.69) is 10.3 Å². The van der Waals surface area contributed by atoms with Crippen molar-refractivity contribution < 1.29 is 18.7 Å². The minimum absolute atomic E-state index is 0.245. The van der Waals surface area contributed by atoms with Crippen LogP contribution in [0.2, 0.25) is 5.02 Å². The van der Waals surface area contributed by atoms with E-state index >= 15 is 0 Å². The second kappa shape index (κ2) is 6.21. The van der Waals surface area contributed by atoms with Gasteiger partial charge >= 0.3 is 5.97 Å². The van der Waals surface area contributed by atoms with Gasteiger partial charge in [0.25, 0.3) is 5.91 Å². The van der Waals surface area contributed by atoms with Gasteiger partial charge in [0, 0.05) is 6.20 Å². The maximum atomic E-state index is 11.8. The summed E-state index contributed by atoms with van der Waals surface area (Å²) in [6.45, 7) is 1.46. The highest BCUT2D eigenvalue weighted by Crippen LogP contribution is 2.11. The molecule has 0 aromatic carbocycles. The lowest BCUT2D eigenvalue weighted by atomic mass is 10.3. The van der Waals surface area contributed by atoms with Crippen LogP contribution in [0.3, 0.4) is 0 Å². The predicted octanol–water partition coefficient (Wildman–Crippen LogP) is 2.51. The molecular formula is C13H11ClN2O4. The van der Waals surface area contributed by atoms with E-state index in [0.717, 1.165) is 0 Å². The molecule has 2 rings (SSSR count). The van der Waals surface area contributed by atoms with Crippen molar-refractivity contribution in [3.8, 4) is 0 Å². The predicted molar refractivity (Wildman–Crippen MR) is 71.5 cm³/mol. The summed E-state index contributed by atoms with van der Waals surface area (Å²) in [4.78, 5) is 27.4. The summed E-state index contributed by atoms with van der Waals surface area (Å²) < 4.78 is 9.75. The lowest BCUT2D eigenvalue weighted by Gasteiger charge is -2.12. The zero-order valence-corrected chi connectivity index (χ0v) is 11.3. The monoisotopic (exact) mass is 294 g/mol. The van der Waals surface area contributed by atoms with Crippen molar-refractivity contribution in [1.29, 1.82) is 0 Å². The van der Waals surface area contributed by atoms with Crippen molar-refractivity contribution in [2.75, 3.05) is 5.32 Å². The maximum absolute atomic E-state index is 11.8. The smallest absolute Gasteiger partial charge is 0.342 e. The van der Waals surface area contributed by atoms with E-state index in [1.54, 1.807) is 12.1 Å². The number of esters is 1. The first-order valence-corrected chi connectivity index (χ1v) is 6.09. The number of pyridine rings is 1. The fraction of sp³-hybridized carbons (Fsp3) is 0.154.